The van der Waals surface area contributed by atoms with E-state index in [0.29, 0.717) is 0 Å². The zero-order chi connectivity index (χ0) is 15.5. The quantitative estimate of drug-likeness (QED) is 0.828. The van der Waals surface area contributed by atoms with Gasteiger partial charge < -0.3 is 9.88 Å². The number of hydrogen-bond acceptors (Lipinski definition) is 3. The van der Waals surface area contributed by atoms with Crippen molar-refractivity contribution in [3.05, 3.63) is 29.6 Å². The van der Waals surface area contributed by atoms with Crippen LogP contribution in [0.25, 0.3) is 11.0 Å². The second-order valence-corrected chi connectivity index (χ2v) is 6.01. The molecule has 1 N–H and O–H groups in total. The van der Waals surface area contributed by atoms with Gasteiger partial charge in [0.25, 0.3) is 0 Å². The minimum atomic E-state index is -0.412. The van der Waals surface area contributed by atoms with E-state index in [9.17, 15) is 0 Å². The molecule has 0 aliphatic rings. The highest BCUT2D eigenvalue weighted by atomic mass is 15.0. The summed E-state index contributed by atoms with van der Waals surface area (Å²) in [6.07, 6.45) is 4.86. The second kappa shape index (κ2) is 6.28. The van der Waals surface area contributed by atoms with E-state index in [1.54, 1.807) is 0 Å². The Labute approximate surface area is 126 Å². The molecule has 0 spiro atoms. The Morgan fingerprint density at radius 3 is 2.67 bits per heavy atom. The number of rotatable bonds is 6. The summed E-state index contributed by atoms with van der Waals surface area (Å²) in [5.74, 6) is 0. The number of fused-ring (bicyclic) bond motifs is 1. The van der Waals surface area contributed by atoms with E-state index in [0.717, 1.165) is 31.3 Å². The Bertz CT molecular complexity index is 665. The van der Waals surface area contributed by atoms with Gasteiger partial charge in [0.1, 0.15) is 5.54 Å². The first-order valence-electron chi connectivity index (χ1n) is 7.51. The lowest BCUT2D eigenvalue weighted by Crippen LogP contribution is -2.37. The van der Waals surface area contributed by atoms with Crippen molar-refractivity contribution in [2.24, 2.45) is 0 Å². The van der Waals surface area contributed by atoms with Crippen molar-refractivity contribution >= 4 is 11.0 Å². The predicted molar refractivity (Wildman–Crippen MR) is 86.1 cm³/mol. The molecule has 0 amide bonds. The van der Waals surface area contributed by atoms with Gasteiger partial charge in [-0.2, -0.15) is 5.26 Å². The van der Waals surface area contributed by atoms with Crippen molar-refractivity contribution in [2.45, 2.75) is 52.1 Å². The van der Waals surface area contributed by atoms with Gasteiger partial charge in [-0.25, -0.2) is 4.98 Å². The Morgan fingerprint density at radius 1 is 1.29 bits per heavy atom. The summed E-state index contributed by atoms with van der Waals surface area (Å²) >= 11 is 0. The van der Waals surface area contributed by atoms with Gasteiger partial charge in [-0.15, -0.1) is 0 Å². The summed E-state index contributed by atoms with van der Waals surface area (Å²) in [6, 6.07) is 6.70. The largest absolute Gasteiger partial charge is 0.331 e. The van der Waals surface area contributed by atoms with E-state index in [2.05, 4.69) is 46.9 Å². The molecule has 1 heterocycles. The fourth-order valence-electron chi connectivity index (χ4n) is 2.49. The summed E-state index contributed by atoms with van der Waals surface area (Å²) in [6.45, 7) is 7.15. The molecule has 0 aliphatic heterocycles. The van der Waals surface area contributed by atoms with Crippen molar-refractivity contribution in [3.8, 4) is 6.07 Å². The summed E-state index contributed by atoms with van der Waals surface area (Å²) in [7, 11) is 1.84. The third-order valence-corrected chi connectivity index (χ3v) is 4.36. The zero-order valence-electron chi connectivity index (χ0n) is 13.4. The average Bonchev–Trinajstić information content (AvgIpc) is 2.86. The monoisotopic (exact) mass is 284 g/mol. The summed E-state index contributed by atoms with van der Waals surface area (Å²) in [4.78, 5) is 4.48. The molecular weight excluding hydrogens is 260 g/mol. The third kappa shape index (κ3) is 3.43. The third-order valence-electron chi connectivity index (χ3n) is 4.36. The minimum Gasteiger partial charge on any atom is -0.331 e. The highest BCUT2D eigenvalue weighted by molar-refractivity contribution is 5.77. The van der Waals surface area contributed by atoms with Gasteiger partial charge in [0.15, 0.2) is 0 Å². The summed E-state index contributed by atoms with van der Waals surface area (Å²) in [5, 5.41) is 12.2. The van der Waals surface area contributed by atoms with E-state index in [4.69, 9.17) is 5.26 Å². The standard InChI is InChI=1S/C17H24N4/c1-13-9-15-16(10-14(13)2)21(12-20-15)8-6-5-7-17(3,11-18)19-4/h9-10,12,19H,5-8H2,1-4H3. The summed E-state index contributed by atoms with van der Waals surface area (Å²) in [5.41, 5.74) is 4.44. The van der Waals surface area contributed by atoms with Gasteiger partial charge in [0.2, 0.25) is 0 Å². The van der Waals surface area contributed by atoms with Crippen LogP contribution < -0.4 is 5.32 Å². The number of benzene rings is 1. The van der Waals surface area contributed by atoms with Crippen molar-refractivity contribution in [1.29, 1.82) is 5.26 Å². The maximum Gasteiger partial charge on any atom is 0.103 e. The topological polar surface area (TPSA) is 53.6 Å². The maximum atomic E-state index is 9.14. The van der Waals surface area contributed by atoms with E-state index in [1.807, 2.05) is 20.3 Å². The molecule has 4 heteroatoms. The number of aromatic nitrogens is 2. The van der Waals surface area contributed by atoms with Crippen LogP contribution >= 0.6 is 0 Å². The Balaban J connectivity index is 1.99. The van der Waals surface area contributed by atoms with E-state index >= 15 is 0 Å². The van der Waals surface area contributed by atoms with Crippen LogP contribution in [0.5, 0.6) is 0 Å². The normalized spacial score (nSPS) is 14.0. The Kier molecular flexibility index (Phi) is 4.64. The molecule has 112 valence electrons. The predicted octanol–water partition coefficient (Wildman–Crippen LogP) is 3.33. The highest BCUT2D eigenvalue weighted by Gasteiger charge is 2.19. The number of nitriles is 1. The van der Waals surface area contributed by atoms with Crippen LogP contribution in [-0.4, -0.2) is 22.1 Å². The average molecular weight is 284 g/mol. The first kappa shape index (κ1) is 15.5. The van der Waals surface area contributed by atoms with Gasteiger partial charge >= 0.3 is 0 Å². The number of nitrogens with zero attached hydrogens (tertiary/aromatic N) is 3. The molecule has 0 bridgehead atoms. The number of aryl methyl sites for hydroxylation is 3. The van der Waals surface area contributed by atoms with E-state index in [1.165, 1.54) is 16.6 Å². The van der Waals surface area contributed by atoms with Gasteiger partial charge in [-0.1, -0.05) is 0 Å². The number of nitrogens with one attached hydrogen (secondary N) is 1. The fourth-order valence-corrected chi connectivity index (χ4v) is 2.49. The molecule has 4 nitrogen and oxygen atoms in total. The first-order valence-corrected chi connectivity index (χ1v) is 7.51. The van der Waals surface area contributed by atoms with Gasteiger partial charge in [0.05, 0.1) is 23.4 Å². The van der Waals surface area contributed by atoms with Crippen LogP contribution in [0.4, 0.5) is 0 Å². The molecule has 0 fully saturated rings. The highest BCUT2D eigenvalue weighted by Crippen LogP contribution is 2.19. The van der Waals surface area contributed by atoms with Crippen LogP contribution in [0.3, 0.4) is 0 Å². The van der Waals surface area contributed by atoms with Crippen molar-refractivity contribution < 1.29 is 0 Å². The molecule has 2 rings (SSSR count). The Hall–Kier alpha value is -1.86. The molecule has 1 unspecified atom stereocenters. The molecule has 21 heavy (non-hydrogen) atoms. The Morgan fingerprint density at radius 2 is 2.00 bits per heavy atom. The van der Waals surface area contributed by atoms with Crippen LogP contribution in [0.1, 0.15) is 37.3 Å². The van der Waals surface area contributed by atoms with Crippen LogP contribution in [-0.2, 0) is 6.54 Å². The SMILES string of the molecule is CNC(C)(C#N)CCCCn1cnc2cc(C)c(C)cc21. The lowest BCUT2D eigenvalue weighted by molar-refractivity contribution is 0.425. The van der Waals surface area contributed by atoms with Crippen LogP contribution in [0.2, 0.25) is 0 Å². The maximum absolute atomic E-state index is 9.14. The molecule has 1 aromatic heterocycles. The zero-order valence-corrected chi connectivity index (χ0v) is 13.4. The molecule has 1 atom stereocenters. The van der Waals surface area contributed by atoms with Crippen LogP contribution in [0, 0.1) is 25.2 Å². The second-order valence-electron chi connectivity index (χ2n) is 6.01. The smallest absolute Gasteiger partial charge is 0.103 e. The van der Waals surface area contributed by atoms with E-state index in [-0.39, 0.29) is 0 Å². The van der Waals surface area contributed by atoms with Crippen molar-refractivity contribution in [3.63, 3.8) is 0 Å². The fraction of sp³-hybridized carbons (Fsp3) is 0.529. The lowest BCUT2D eigenvalue weighted by atomic mass is 9.97. The summed E-state index contributed by atoms with van der Waals surface area (Å²) < 4.78 is 2.21. The molecule has 0 saturated heterocycles. The lowest BCUT2D eigenvalue weighted by Gasteiger charge is -2.20. The number of unbranched alkanes of at least 4 members (excludes halogenated alkanes) is 1. The number of imidazole rings is 1. The minimum absolute atomic E-state index is 0.412. The number of hydrogen-bond donors (Lipinski definition) is 1. The van der Waals surface area contributed by atoms with Gasteiger partial charge in [-0.3, -0.25) is 0 Å². The van der Waals surface area contributed by atoms with Crippen molar-refractivity contribution in [1.82, 2.24) is 14.9 Å². The van der Waals surface area contributed by atoms with E-state index < -0.39 is 5.54 Å². The van der Waals surface area contributed by atoms with Crippen LogP contribution in [0.15, 0.2) is 18.5 Å². The molecule has 2 aromatic rings. The molecule has 0 aliphatic carbocycles. The molecular formula is C17H24N4. The van der Waals surface area contributed by atoms with Crippen molar-refractivity contribution in [2.75, 3.05) is 7.05 Å². The van der Waals surface area contributed by atoms with Gasteiger partial charge in [-0.05, 0) is 70.3 Å². The van der Waals surface area contributed by atoms with Gasteiger partial charge in [0, 0.05) is 6.54 Å². The first-order chi connectivity index (χ1) is 9.99. The molecule has 1 aromatic carbocycles. The molecule has 0 saturated carbocycles. The molecule has 0 radical (unpaired) electrons.